The SMILES string of the molecule is CC1(O)c2c(-c3ccccc3)ccc(O)c2C(O)=C2C(=O)[C@]3(O)C(O)=C(C(N)=O)C(=O)C[C@@H]3C[C@@H]21. The monoisotopic (exact) mass is 477 g/mol. The third kappa shape index (κ3) is 2.85. The van der Waals surface area contributed by atoms with Crippen LogP contribution < -0.4 is 5.73 Å². The highest BCUT2D eigenvalue weighted by atomic mass is 16.3. The van der Waals surface area contributed by atoms with Gasteiger partial charge in [-0.25, -0.2) is 0 Å². The number of aromatic hydroxyl groups is 1. The molecule has 9 heteroatoms. The van der Waals surface area contributed by atoms with Crippen molar-refractivity contribution in [1.29, 1.82) is 0 Å². The average Bonchev–Trinajstić information content (AvgIpc) is 2.80. The van der Waals surface area contributed by atoms with Crippen LogP contribution in [0.1, 0.15) is 30.9 Å². The number of hydrogen-bond acceptors (Lipinski definition) is 8. The first kappa shape index (κ1) is 22.8. The molecule has 0 heterocycles. The van der Waals surface area contributed by atoms with Gasteiger partial charge in [-0.3, -0.25) is 14.4 Å². The fourth-order valence-electron chi connectivity index (χ4n) is 5.86. The van der Waals surface area contributed by atoms with Crippen molar-refractivity contribution in [2.24, 2.45) is 17.6 Å². The van der Waals surface area contributed by atoms with Crippen LogP contribution in [0.5, 0.6) is 5.75 Å². The molecular weight excluding hydrogens is 454 g/mol. The summed E-state index contributed by atoms with van der Waals surface area (Å²) in [6.07, 6.45) is -0.649. The van der Waals surface area contributed by atoms with Crippen molar-refractivity contribution in [3.05, 3.63) is 70.5 Å². The largest absolute Gasteiger partial charge is 0.508 e. The van der Waals surface area contributed by atoms with Crippen LogP contribution in [0.15, 0.2) is 59.4 Å². The van der Waals surface area contributed by atoms with Crippen LogP contribution in [0.4, 0.5) is 0 Å². The number of phenolic OH excluding ortho intramolecular Hbond substituents is 1. The van der Waals surface area contributed by atoms with Gasteiger partial charge in [0.05, 0.1) is 11.2 Å². The third-order valence-electron chi connectivity index (χ3n) is 7.55. The Kier molecular flexibility index (Phi) is 4.74. The highest BCUT2D eigenvalue weighted by Gasteiger charge is 2.63. The van der Waals surface area contributed by atoms with Gasteiger partial charge in [-0.05, 0) is 30.5 Å². The Bertz CT molecular complexity index is 1390. The molecule has 1 amide bonds. The lowest BCUT2D eigenvalue weighted by atomic mass is 9.55. The lowest BCUT2D eigenvalue weighted by Gasteiger charge is -2.50. The number of ketones is 2. The molecule has 0 spiro atoms. The van der Waals surface area contributed by atoms with E-state index in [9.17, 15) is 39.9 Å². The first-order valence-corrected chi connectivity index (χ1v) is 11.0. The van der Waals surface area contributed by atoms with Gasteiger partial charge in [0.25, 0.3) is 5.91 Å². The fraction of sp³-hybridized carbons (Fsp3) is 0.269. The Balaban J connectivity index is 1.80. The molecule has 3 aliphatic rings. The molecule has 7 N–H and O–H groups in total. The number of amides is 1. The maximum Gasteiger partial charge on any atom is 0.255 e. The molecule has 3 aliphatic carbocycles. The van der Waals surface area contributed by atoms with Crippen molar-refractivity contribution < 1.29 is 39.9 Å². The Morgan fingerprint density at radius 3 is 2.31 bits per heavy atom. The van der Waals surface area contributed by atoms with Crippen molar-refractivity contribution in [1.82, 2.24) is 0 Å². The number of fused-ring (bicyclic) bond motifs is 3. The molecule has 4 atom stereocenters. The lowest BCUT2D eigenvalue weighted by Crippen LogP contribution is -2.60. The molecule has 2 aromatic carbocycles. The van der Waals surface area contributed by atoms with Gasteiger partial charge in [0.15, 0.2) is 11.4 Å². The summed E-state index contributed by atoms with van der Waals surface area (Å²) >= 11 is 0. The number of aliphatic hydroxyl groups excluding tert-OH is 2. The van der Waals surface area contributed by atoms with Crippen molar-refractivity contribution in [2.75, 3.05) is 0 Å². The average molecular weight is 477 g/mol. The minimum absolute atomic E-state index is 0.177. The second-order valence-electron chi connectivity index (χ2n) is 9.45. The summed E-state index contributed by atoms with van der Waals surface area (Å²) in [5.74, 6) is -7.79. The quantitative estimate of drug-likeness (QED) is 0.354. The minimum atomic E-state index is -2.70. The molecular formula is C26H23NO8. The highest BCUT2D eigenvalue weighted by Crippen LogP contribution is 2.58. The molecule has 180 valence electrons. The van der Waals surface area contributed by atoms with Gasteiger partial charge < -0.3 is 31.3 Å². The van der Waals surface area contributed by atoms with Gasteiger partial charge in [0, 0.05) is 29.4 Å². The normalized spacial score (nSPS) is 30.0. The molecule has 2 aromatic rings. The Hall–Kier alpha value is -3.95. The van der Waals surface area contributed by atoms with E-state index >= 15 is 0 Å². The summed E-state index contributed by atoms with van der Waals surface area (Å²) in [4.78, 5) is 37.9. The molecule has 0 bridgehead atoms. The zero-order valence-electron chi connectivity index (χ0n) is 18.6. The number of aliphatic hydroxyl groups is 4. The first-order valence-electron chi connectivity index (χ1n) is 11.0. The second kappa shape index (κ2) is 7.27. The summed E-state index contributed by atoms with van der Waals surface area (Å²) in [5.41, 5.74) is 0.611. The Labute approximate surface area is 199 Å². The van der Waals surface area contributed by atoms with E-state index in [2.05, 4.69) is 0 Å². The van der Waals surface area contributed by atoms with Crippen molar-refractivity contribution in [3.63, 3.8) is 0 Å². The maximum atomic E-state index is 13.7. The summed E-state index contributed by atoms with van der Waals surface area (Å²) in [5, 5.41) is 55.7. The number of carbonyl (C=O) groups excluding carboxylic acids is 3. The fourth-order valence-corrected chi connectivity index (χ4v) is 5.86. The van der Waals surface area contributed by atoms with Crippen LogP contribution >= 0.6 is 0 Å². The number of nitrogens with two attached hydrogens (primary N) is 1. The summed E-state index contributed by atoms with van der Waals surface area (Å²) in [7, 11) is 0. The molecule has 1 fully saturated rings. The van der Waals surface area contributed by atoms with E-state index in [1.165, 1.54) is 13.0 Å². The smallest absolute Gasteiger partial charge is 0.255 e. The lowest BCUT2D eigenvalue weighted by molar-refractivity contribution is -0.152. The minimum Gasteiger partial charge on any atom is -0.508 e. The summed E-state index contributed by atoms with van der Waals surface area (Å²) in [6, 6.07) is 11.9. The van der Waals surface area contributed by atoms with Crippen molar-refractivity contribution in [2.45, 2.75) is 31.0 Å². The van der Waals surface area contributed by atoms with Gasteiger partial charge in [-0.2, -0.15) is 0 Å². The van der Waals surface area contributed by atoms with E-state index in [0.717, 1.165) is 0 Å². The van der Waals surface area contributed by atoms with Gasteiger partial charge in [0.2, 0.25) is 5.78 Å². The standard InChI is InChI=1S/C26H23NO8/c1-25(34)14-9-12-10-16(29)19(24(27)33)23(32)26(12,35)22(31)17(14)21(30)18-15(28)8-7-13(20(18)25)11-5-3-2-4-6-11/h2-8,12,14,28,30,32,34-35H,9-10H2,1H3,(H2,27,33)/t12-,14-,25?,26-/m0/s1. The Morgan fingerprint density at radius 2 is 1.69 bits per heavy atom. The van der Waals surface area contributed by atoms with Crippen molar-refractivity contribution in [3.8, 4) is 16.9 Å². The van der Waals surface area contributed by atoms with E-state index < -0.39 is 75.3 Å². The van der Waals surface area contributed by atoms with Crippen LogP contribution in [-0.4, -0.2) is 48.6 Å². The number of phenols is 1. The maximum absolute atomic E-state index is 13.7. The summed E-state index contributed by atoms with van der Waals surface area (Å²) in [6.45, 7) is 1.43. The number of Topliss-reactive ketones (excluding diaryl/α,β-unsaturated/α-hetero) is 2. The van der Waals surface area contributed by atoms with Crippen molar-refractivity contribution >= 4 is 23.2 Å². The van der Waals surface area contributed by atoms with Gasteiger partial charge >= 0.3 is 0 Å². The van der Waals surface area contributed by atoms with Gasteiger partial charge in [0.1, 0.15) is 22.8 Å². The predicted molar refractivity (Wildman–Crippen MR) is 123 cm³/mol. The third-order valence-corrected chi connectivity index (χ3v) is 7.55. The summed E-state index contributed by atoms with van der Waals surface area (Å²) < 4.78 is 0. The van der Waals surface area contributed by atoms with E-state index in [0.29, 0.717) is 11.1 Å². The molecule has 35 heavy (non-hydrogen) atoms. The Morgan fingerprint density at radius 1 is 1.03 bits per heavy atom. The number of benzene rings is 2. The van der Waals surface area contributed by atoms with E-state index in [-0.39, 0.29) is 17.5 Å². The van der Waals surface area contributed by atoms with E-state index in [1.807, 2.05) is 6.07 Å². The number of carbonyl (C=O) groups is 3. The number of primary amides is 1. The topological polar surface area (TPSA) is 178 Å². The van der Waals surface area contributed by atoms with Crippen LogP contribution in [-0.2, 0) is 20.0 Å². The molecule has 1 unspecified atom stereocenters. The molecule has 1 saturated carbocycles. The molecule has 0 aliphatic heterocycles. The molecule has 0 saturated heterocycles. The zero-order chi connectivity index (χ0) is 25.4. The molecule has 0 radical (unpaired) electrons. The predicted octanol–water partition coefficient (Wildman–Crippen LogP) is 1.76. The second-order valence-corrected chi connectivity index (χ2v) is 9.45. The number of rotatable bonds is 2. The molecule has 0 aromatic heterocycles. The van der Waals surface area contributed by atoms with E-state index in [4.69, 9.17) is 5.73 Å². The van der Waals surface area contributed by atoms with E-state index in [1.54, 1.807) is 30.3 Å². The van der Waals surface area contributed by atoms with Crippen LogP contribution in [0.2, 0.25) is 0 Å². The number of hydrogen-bond donors (Lipinski definition) is 6. The van der Waals surface area contributed by atoms with Crippen LogP contribution in [0, 0.1) is 11.8 Å². The van der Waals surface area contributed by atoms with Gasteiger partial charge in [-0.1, -0.05) is 36.4 Å². The van der Waals surface area contributed by atoms with Gasteiger partial charge in [-0.15, -0.1) is 0 Å². The van der Waals surface area contributed by atoms with Crippen LogP contribution in [0.3, 0.4) is 0 Å². The highest BCUT2D eigenvalue weighted by molar-refractivity contribution is 6.22. The zero-order valence-corrected chi connectivity index (χ0v) is 18.6. The van der Waals surface area contributed by atoms with Crippen LogP contribution in [0.25, 0.3) is 16.9 Å². The molecule has 5 rings (SSSR count). The molecule has 9 nitrogen and oxygen atoms in total. The first-order chi connectivity index (χ1) is 16.4.